The van der Waals surface area contributed by atoms with E-state index < -0.39 is 0 Å². The number of H-pyrrole nitrogens is 1. The molecule has 0 spiro atoms. The molecule has 4 rings (SSSR count). The third-order valence-corrected chi connectivity index (χ3v) is 5.93. The molecule has 1 nitrogen and oxygen atoms in total. The van der Waals surface area contributed by atoms with Gasteiger partial charge in [-0.3, -0.25) is 0 Å². The van der Waals surface area contributed by atoms with E-state index in [-0.39, 0.29) is 0 Å². The van der Waals surface area contributed by atoms with Crippen molar-refractivity contribution in [3.8, 4) is 11.1 Å². The van der Waals surface area contributed by atoms with Gasteiger partial charge in [-0.1, -0.05) is 77.9 Å². The first-order chi connectivity index (χ1) is 13.4. The van der Waals surface area contributed by atoms with Crippen molar-refractivity contribution in [1.29, 1.82) is 0 Å². The lowest BCUT2D eigenvalue weighted by molar-refractivity contribution is 0.807. The van der Waals surface area contributed by atoms with Crippen molar-refractivity contribution in [2.45, 2.75) is 59.3 Å². The van der Waals surface area contributed by atoms with Gasteiger partial charge >= 0.3 is 0 Å². The maximum absolute atomic E-state index is 3.56. The Hall–Kier alpha value is -2.54. The molecule has 1 heteroatoms. The van der Waals surface area contributed by atoms with Gasteiger partial charge < -0.3 is 4.98 Å². The van der Waals surface area contributed by atoms with E-state index in [1.807, 2.05) is 0 Å². The minimum absolute atomic E-state index is 0.491. The van der Waals surface area contributed by atoms with Crippen molar-refractivity contribution in [1.82, 2.24) is 4.98 Å². The van der Waals surface area contributed by atoms with Crippen LogP contribution in [0.25, 0.3) is 32.9 Å². The average molecular weight is 370 g/mol. The van der Waals surface area contributed by atoms with Crippen LogP contribution in [0.2, 0.25) is 0 Å². The number of nitrogens with one attached hydrogen (secondary N) is 1. The second-order valence-corrected chi connectivity index (χ2v) is 8.97. The number of fused-ring (bicyclic) bond motifs is 3. The molecule has 0 aliphatic carbocycles. The molecule has 28 heavy (non-hydrogen) atoms. The largest absolute Gasteiger partial charge is 0.355 e. The number of aromatic nitrogens is 1. The average Bonchev–Trinajstić information content (AvgIpc) is 3.04. The van der Waals surface area contributed by atoms with Crippen LogP contribution in [-0.4, -0.2) is 4.98 Å². The van der Waals surface area contributed by atoms with Gasteiger partial charge in [0, 0.05) is 21.8 Å². The zero-order valence-electron chi connectivity index (χ0n) is 17.9. The Bertz CT molecular complexity index is 1110. The number of aromatic amines is 1. The van der Waals surface area contributed by atoms with Gasteiger partial charge in [-0.15, -0.1) is 0 Å². The molecule has 1 N–H and O–H groups in total. The molecule has 0 saturated carbocycles. The zero-order valence-corrected chi connectivity index (χ0v) is 17.9. The number of para-hydroxylation sites is 1. The molecule has 0 unspecified atom stereocenters. The van der Waals surface area contributed by atoms with Crippen LogP contribution in [-0.2, 0) is 0 Å². The van der Waals surface area contributed by atoms with Crippen LogP contribution in [0.3, 0.4) is 0 Å². The predicted octanol–water partition coefficient (Wildman–Crippen LogP) is 8.36. The smallest absolute Gasteiger partial charge is 0.0465 e. The monoisotopic (exact) mass is 369 g/mol. The Morgan fingerprint density at radius 2 is 1.21 bits per heavy atom. The fraction of sp³-hybridized carbons (Fsp3) is 0.333. The molecule has 0 radical (unpaired) electrons. The van der Waals surface area contributed by atoms with Crippen LogP contribution in [0, 0.1) is 0 Å². The van der Waals surface area contributed by atoms with Crippen LogP contribution in [0.5, 0.6) is 0 Å². The summed E-state index contributed by atoms with van der Waals surface area (Å²) in [5.41, 5.74) is 9.56. The van der Waals surface area contributed by atoms with E-state index in [4.69, 9.17) is 0 Å². The molecular formula is C27H31N. The van der Waals surface area contributed by atoms with Crippen LogP contribution in [0.4, 0.5) is 0 Å². The summed E-state index contributed by atoms with van der Waals surface area (Å²) in [4.78, 5) is 3.56. The molecule has 0 amide bonds. The maximum atomic E-state index is 3.56. The second kappa shape index (κ2) is 7.13. The SMILES string of the molecule is CC(C)c1cc(C(C)C)c(-c2ccc3[nH]c4ccccc4c3c2)c(C(C)C)c1. The molecule has 3 aromatic carbocycles. The second-order valence-electron chi connectivity index (χ2n) is 8.97. The summed E-state index contributed by atoms with van der Waals surface area (Å²) in [6.45, 7) is 13.9. The Morgan fingerprint density at radius 1 is 0.607 bits per heavy atom. The minimum Gasteiger partial charge on any atom is -0.355 e. The molecule has 0 saturated heterocycles. The summed E-state index contributed by atoms with van der Waals surface area (Å²) >= 11 is 0. The van der Waals surface area contributed by atoms with Gasteiger partial charge in [0.2, 0.25) is 0 Å². The van der Waals surface area contributed by atoms with Crippen molar-refractivity contribution in [2.75, 3.05) is 0 Å². The van der Waals surface area contributed by atoms with Gasteiger partial charge in [-0.05, 0) is 63.8 Å². The molecular weight excluding hydrogens is 338 g/mol. The number of hydrogen-bond donors (Lipinski definition) is 1. The minimum atomic E-state index is 0.491. The summed E-state index contributed by atoms with van der Waals surface area (Å²) in [7, 11) is 0. The highest BCUT2D eigenvalue weighted by atomic mass is 14.7. The molecule has 144 valence electrons. The molecule has 0 aliphatic heterocycles. The molecule has 0 fully saturated rings. The van der Waals surface area contributed by atoms with Crippen LogP contribution >= 0.6 is 0 Å². The Kier molecular flexibility index (Phi) is 4.79. The Labute approximate surface area is 168 Å². The maximum Gasteiger partial charge on any atom is 0.0465 e. The molecule has 0 aliphatic rings. The van der Waals surface area contributed by atoms with E-state index in [1.165, 1.54) is 49.6 Å². The molecule has 1 heterocycles. The van der Waals surface area contributed by atoms with Gasteiger partial charge in [0.15, 0.2) is 0 Å². The fourth-order valence-corrected chi connectivity index (χ4v) is 4.29. The highest BCUT2D eigenvalue weighted by molar-refractivity contribution is 6.08. The fourth-order valence-electron chi connectivity index (χ4n) is 4.29. The van der Waals surface area contributed by atoms with Crippen molar-refractivity contribution in [3.05, 3.63) is 71.3 Å². The molecule has 0 atom stereocenters. The van der Waals surface area contributed by atoms with Crippen molar-refractivity contribution in [3.63, 3.8) is 0 Å². The lowest BCUT2D eigenvalue weighted by Gasteiger charge is -2.23. The molecule has 0 bridgehead atoms. The van der Waals surface area contributed by atoms with Gasteiger partial charge in [-0.25, -0.2) is 0 Å². The Balaban J connectivity index is 2.03. The number of hydrogen-bond acceptors (Lipinski definition) is 0. The lowest BCUT2D eigenvalue weighted by atomic mass is 9.81. The van der Waals surface area contributed by atoms with Crippen LogP contribution in [0.15, 0.2) is 54.6 Å². The van der Waals surface area contributed by atoms with Gasteiger partial charge in [-0.2, -0.15) is 0 Å². The van der Waals surface area contributed by atoms with E-state index >= 15 is 0 Å². The lowest BCUT2D eigenvalue weighted by Crippen LogP contribution is -2.03. The first kappa shape index (κ1) is 18.8. The van der Waals surface area contributed by atoms with Gasteiger partial charge in [0.1, 0.15) is 0 Å². The highest BCUT2D eigenvalue weighted by Crippen LogP contribution is 2.40. The van der Waals surface area contributed by atoms with Crippen molar-refractivity contribution in [2.24, 2.45) is 0 Å². The number of rotatable bonds is 4. The standard InChI is InChI=1S/C27H31N/c1-16(2)20-14-22(17(3)4)27(23(15-20)18(5)6)19-11-12-26-24(13-19)21-9-7-8-10-25(21)28-26/h7-18,28H,1-6H3. The van der Waals surface area contributed by atoms with E-state index in [2.05, 4.69) is 101 Å². The van der Waals surface area contributed by atoms with Crippen molar-refractivity contribution >= 4 is 21.8 Å². The summed E-state index contributed by atoms with van der Waals surface area (Å²) in [6, 6.07) is 20.4. The van der Waals surface area contributed by atoms with E-state index in [9.17, 15) is 0 Å². The Morgan fingerprint density at radius 3 is 1.82 bits per heavy atom. The molecule has 4 aromatic rings. The summed E-state index contributed by atoms with van der Waals surface area (Å²) in [5.74, 6) is 1.52. The topological polar surface area (TPSA) is 15.8 Å². The van der Waals surface area contributed by atoms with E-state index in [0.29, 0.717) is 17.8 Å². The third-order valence-electron chi connectivity index (χ3n) is 5.93. The predicted molar refractivity (Wildman–Crippen MR) is 124 cm³/mol. The third kappa shape index (κ3) is 3.13. The summed E-state index contributed by atoms with van der Waals surface area (Å²) in [6.07, 6.45) is 0. The van der Waals surface area contributed by atoms with Crippen molar-refractivity contribution < 1.29 is 0 Å². The summed E-state index contributed by atoms with van der Waals surface area (Å²) < 4.78 is 0. The van der Waals surface area contributed by atoms with Crippen LogP contribution < -0.4 is 0 Å². The molecule has 1 aromatic heterocycles. The van der Waals surface area contributed by atoms with Gasteiger partial charge in [0.25, 0.3) is 0 Å². The number of benzene rings is 3. The zero-order chi connectivity index (χ0) is 20.0. The first-order valence-electron chi connectivity index (χ1n) is 10.6. The van der Waals surface area contributed by atoms with Gasteiger partial charge in [0.05, 0.1) is 0 Å². The highest BCUT2D eigenvalue weighted by Gasteiger charge is 2.19. The normalized spacial score (nSPS) is 12.2. The quantitative estimate of drug-likeness (QED) is 0.372. The van der Waals surface area contributed by atoms with E-state index in [1.54, 1.807) is 0 Å². The van der Waals surface area contributed by atoms with E-state index in [0.717, 1.165) is 0 Å². The first-order valence-corrected chi connectivity index (χ1v) is 10.6. The van der Waals surface area contributed by atoms with Crippen LogP contribution in [0.1, 0.15) is 76.0 Å². The summed E-state index contributed by atoms with van der Waals surface area (Å²) in [5, 5.41) is 2.61.